The number of carbonyl (C=O) groups excluding carboxylic acids is 1. The molecule has 0 spiro atoms. The first-order chi connectivity index (χ1) is 34.6. The average molecular weight is 1060 g/mol. The summed E-state index contributed by atoms with van der Waals surface area (Å²) in [5.41, 5.74) is -0.904. The van der Waals surface area contributed by atoms with E-state index >= 15 is 0 Å². The minimum absolute atomic E-state index is 0.0812. The number of aliphatic hydroxyl groups is 12. The number of hydrogen-bond acceptors (Lipinski definition) is 21. The summed E-state index contributed by atoms with van der Waals surface area (Å²) in [5.74, 6) is -0.306. The van der Waals surface area contributed by atoms with Gasteiger partial charge in [0.05, 0.1) is 37.4 Å². The van der Waals surface area contributed by atoms with Gasteiger partial charge in [-0.05, 0) is 116 Å². The SMILES string of the molecule is C[C@@H]1OC(O[C@H]2C(O[C@H]3CC[C@@]4(C)C(CC[C@]5(C)C4CC=C4C6CC(C)(C)CC[C@]6(C(=O)OC6O[C@H](CO)[C@@H](O)[C@H](O)[C@H]6O)CC[C@]45C)C3(C)C)OC[C@H](O)[C@@H]2OC2O[C@H](CO)[C@@H](O)[C@H](O)[C@H]2O)[C@H](O)[C@H](O)[C@H]1O. The zero-order valence-electron chi connectivity index (χ0n) is 44.1. The van der Waals surface area contributed by atoms with Gasteiger partial charge in [0.15, 0.2) is 18.9 Å². The van der Waals surface area contributed by atoms with Crippen LogP contribution in [0.2, 0.25) is 0 Å². The van der Waals surface area contributed by atoms with Crippen molar-refractivity contribution < 1.29 is 104 Å². The predicted octanol–water partition coefficient (Wildman–Crippen LogP) is -0.369. The fourth-order valence-electron chi connectivity index (χ4n) is 16.2. The van der Waals surface area contributed by atoms with Crippen molar-refractivity contribution >= 4 is 5.97 Å². The number of allylic oxidation sites excluding steroid dienone is 2. The summed E-state index contributed by atoms with van der Waals surface area (Å²) >= 11 is 0. The number of esters is 1. The largest absolute Gasteiger partial charge is 0.432 e. The second-order valence-corrected chi connectivity index (χ2v) is 25.8. The smallest absolute Gasteiger partial charge is 0.315 e. The van der Waals surface area contributed by atoms with E-state index in [0.29, 0.717) is 19.3 Å². The van der Waals surface area contributed by atoms with Gasteiger partial charge in [-0.3, -0.25) is 4.79 Å². The van der Waals surface area contributed by atoms with Crippen LogP contribution in [0.5, 0.6) is 0 Å². The van der Waals surface area contributed by atoms with Crippen LogP contribution >= 0.6 is 0 Å². The number of fused-ring (bicyclic) bond motifs is 7. The highest BCUT2D eigenvalue weighted by Crippen LogP contribution is 2.76. The molecule has 5 aliphatic carbocycles. The van der Waals surface area contributed by atoms with Crippen LogP contribution in [0.3, 0.4) is 0 Å². The van der Waals surface area contributed by atoms with Gasteiger partial charge in [-0.1, -0.05) is 60.1 Å². The van der Waals surface area contributed by atoms with Gasteiger partial charge in [-0.2, -0.15) is 0 Å². The molecule has 4 aliphatic heterocycles. The maximum absolute atomic E-state index is 14.8. The van der Waals surface area contributed by atoms with Crippen LogP contribution in [0.25, 0.3) is 0 Å². The van der Waals surface area contributed by atoms with E-state index in [1.54, 1.807) is 0 Å². The summed E-state index contributed by atoms with van der Waals surface area (Å²) < 4.78 is 49.0. The first-order valence-corrected chi connectivity index (χ1v) is 27.1. The van der Waals surface area contributed by atoms with Gasteiger partial charge >= 0.3 is 5.97 Å². The van der Waals surface area contributed by atoms with Crippen LogP contribution in [-0.2, 0) is 42.7 Å². The summed E-state index contributed by atoms with van der Waals surface area (Å²) in [6.07, 6.45) is -20.0. The van der Waals surface area contributed by atoms with E-state index in [-0.39, 0.29) is 46.0 Å². The normalized spacial score (nSPS) is 54.1. The summed E-state index contributed by atoms with van der Waals surface area (Å²) in [7, 11) is 0. The van der Waals surface area contributed by atoms with E-state index in [9.17, 15) is 66.1 Å². The molecular formula is C53H86O21. The van der Waals surface area contributed by atoms with Gasteiger partial charge in [-0.25, -0.2) is 0 Å². The number of aliphatic hydroxyl groups excluding tert-OH is 12. The molecule has 21 heteroatoms. The second-order valence-electron chi connectivity index (χ2n) is 25.8. The molecule has 4 saturated heterocycles. The van der Waals surface area contributed by atoms with Crippen LogP contribution in [0, 0.1) is 50.2 Å². The number of rotatable bonds is 10. The average Bonchev–Trinajstić information content (AvgIpc) is 3.35. The molecule has 27 atom stereocenters. The third-order valence-corrected chi connectivity index (χ3v) is 21.0. The molecule has 4 saturated carbocycles. The zero-order chi connectivity index (χ0) is 54.0. The van der Waals surface area contributed by atoms with Crippen molar-refractivity contribution in [3.8, 4) is 0 Å². The molecule has 9 rings (SSSR count). The molecule has 0 aromatic heterocycles. The zero-order valence-corrected chi connectivity index (χ0v) is 44.1. The second kappa shape index (κ2) is 20.5. The minimum atomic E-state index is -1.83. The Morgan fingerprint density at radius 1 is 0.608 bits per heavy atom. The Bertz CT molecular complexity index is 2040. The Balaban J connectivity index is 0.973. The molecule has 424 valence electrons. The summed E-state index contributed by atoms with van der Waals surface area (Å²) in [6, 6.07) is 0. The molecule has 0 bridgehead atoms. The van der Waals surface area contributed by atoms with Crippen LogP contribution in [0.4, 0.5) is 0 Å². The van der Waals surface area contributed by atoms with Crippen molar-refractivity contribution in [3.63, 3.8) is 0 Å². The molecule has 0 aromatic carbocycles. The molecule has 0 radical (unpaired) electrons. The van der Waals surface area contributed by atoms with Crippen LogP contribution in [0.1, 0.15) is 120 Å². The minimum Gasteiger partial charge on any atom is -0.432 e. The van der Waals surface area contributed by atoms with Gasteiger partial charge in [0.25, 0.3) is 0 Å². The molecule has 12 N–H and O–H groups in total. The van der Waals surface area contributed by atoms with Crippen molar-refractivity contribution in [1.29, 1.82) is 0 Å². The molecule has 4 heterocycles. The molecule has 8 fully saturated rings. The van der Waals surface area contributed by atoms with Gasteiger partial charge < -0.3 is 99.2 Å². The van der Waals surface area contributed by atoms with Crippen LogP contribution in [0.15, 0.2) is 11.6 Å². The molecule has 0 amide bonds. The molecule has 9 aliphatic rings. The lowest BCUT2D eigenvalue weighted by molar-refractivity contribution is -0.388. The molecule has 74 heavy (non-hydrogen) atoms. The molecule has 7 unspecified atom stereocenters. The molecular weight excluding hydrogens is 973 g/mol. The monoisotopic (exact) mass is 1060 g/mol. The van der Waals surface area contributed by atoms with E-state index in [4.69, 9.17) is 37.9 Å². The van der Waals surface area contributed by atoms with E-state index < -0.39 is 153 Å². The lowest BCUT2D eigenvalue weighted by atomic mass is 9.33. The highest BCUT2D eigenvalue weighted by atomic mass is 16.8. The highest BCUT2D eigenvalue weighted by molar-refractivity contribution is 5.79. The van der Waals surface area contributed by atoms with E-state index in [1.807, 2.05) is 0 Å². The molecule has 0 aromatic rings. The fourth-order valence-corrected chi connectivity index (χ4v) is 16.2. The van der Waals surface area contributed by atoms with E-state index in [1.165, 1.54) is 12.5 Å². The van der Waals surface area contributed by atoms with Crippen molar-refractivity contribution in [1.82, 2.24) is 0 Å². The van der Waals surface area contributed by atoms with E-state index in [2.05, 4.69) is 54.5 Å². The first kappa shape index (κ1) is 57.1. The molecule has 21 nitrogen and oxygen atoms in total. The summed E-state index contributed by atoms with van der Waals surface area (Å²) in [4.78, 5) is 14.8. The third-order valence-electron chi connectivity index (χ3n) is 21.0. The standard InChI is InChI=1S/C53H86O21/c1-23-32(57)35(60)38(63)43(68-23)73-42-41(72-44-39(64)36(61)33(58)27(20-54)69-44)26(56)22-67-46(42)71-31-12-13-50(6)29(49(31,4)5)11-14-52(8)30(50)10-9-24-25-19-48(2,3)15-17-53(25,18-16-51(24,52)7)47(66)74-45-40(65)37(62)34(59)28(21-55)70-45/h9,23,25-46,54-65H,10-22H2,1-8H3/t23-,25?,26-,27+,28+,29?,30?,31-,32-,33+,34+,35+,36-,37-,38+,39+,40+,41-,42+,43?,44?,45?,46?,50-,51+,52+,53-/m0/s1. The fraction of sp³-hybridized carbons (Fsp3) is 0.943. The summed E-state index contributed by atoms with van der Waals surface area (Å²) in [5, 5.41) is 128. The predicted molar refractivity (Wildman–Crippen MR) is 255 cm³/mol. The lowest BCUT2D eigenvalue weighted by Crippen LogP contribution is -2.67. The Morgan fingerprint density at radius 2 is 1.18 bits per heavy atom. The highest BCUT2D eigenvalue weighted by Gasteiger charge is 2.70. The first-order valence-electron chi connectivity index (χ1n) is 27.1. The Labute approximate surface area is 433 Å². The topological polar surface area (TPSA) is 334 Å². The van der Waals surface area contributed by atoms with Gasteiger partial charge in [0.1, 0.15) is 85.5 Å². The number of hydrogen-bond donors (Lipinski definition) is 12. The van der Waals surface area contributed by atoms with Gasteiger partial charge in [-0.15, -0.1) is 0 Å². The van der Waals surface area contributed by atoms with Crippen molar-refractivity contribution in [2.45, 2.75) is 242 Å². The van der Waals surface area contributed by atoms with Crippen molar-refractivity contribution in [3.05, 3.63) is 11.6 Å². The Kier molecular flexibility index (Phi) is 15.8. The summed E-state index contributed by atoms with van der Waals surface area (Å²) in [6.45, 7) is 15.9. The lowest BCUT2D eigenvalue weighted by Gasteiger charge is -2.71. The van der Waals surface area contributed by atoms with Gasteiger partial charge in [0, 0.05) is 0 Å². The van der Waals surface area contributed by atoms with Crippen LogP contribution < -0.4 is 0 Å². The van der Waals surface area contributed by atoms with Crippen LogP contribution in [-0.4, -0.2) is 210 Å². The third kappa shape index (κ3) is 9.17. The Morgan fingerprint density at radius 3 is 1.81 bits per heavy atom. The van der Waals surface area contributed by atoms with E-state index in [0.717, 1.165) is 44.9 Å². The van der Waals surface area contributed by atoms with Crippen molar-refractivity contribution in [2.24, 2.45) is 50.2 Å². The van der Waals surface area contributed by atoms with Crippen molar-refractivity contribution in [2.75, 3.05) is 19.8 Å². The number of carbonyl (C=O) groups is 1. The Hall–Kier alpha value is -1.55. The van der Waals surface area contributed by atoms with Gasteiger partial charge in [0.2, 0.25) is 6.29 Å². The quantitative estimate of drug-likeness (QED) is 0.0755. The maximum atomic E-state index is 14.8. The maximum Gasteiger partial charge on any atom is 0.315 e. The number of ether oxygens (including phenoxy) is 8.